The van der Waals surface area contributed by atoms with E-state index in [1.807, 2.05) is 13.8 Å². The van der Waals surface area contributed by atoms with Crippen LogP contribution < -0.4 is 5.32 Å². The molecule has 2 rings (SSSR count). The van der Waals surface area contributed by atoms with Gasteiger partial charge in [0.2, 0.25) is 5.91 Å². The van der Waals surface area contributed by atoms with Crippen LogP contribution in [0.5, 0.6) is 0 Å². The Morgan fingerprint density at radius 3 is 2.72 bits per heavy atom. The normalized spacial score (nSPS) is 22.0. The molecule has 1 aliphatic rings. The first kappa shape index (κ1) is 13.5. The highest BCUT2D eigenvalue weighted by Crippen LogP contribution is 2.24. The third kappa shape index (κ3) is 3.29. The van der Waals surface area contributed by atoms with Crippen molar-refractivity contribution in [2.45, 2.75) is 26.7 Å². The van der Waals surface area contributed by atoms with E-state index in [-0.39, 0.29) is 29.8 Å². The minimum absolute atomic E-state index is 0.0443. The largest absolute Gasteiger partial charge is 0.302 e. The lowest BCUT2D eigenvalue weighted by Gasteiger charge is -2.06. The molecule has 0 unspecified atom stereocenters. The van der Waals surface area contributed by atoms with Crippen LogP contribution >= 0.6 is 11.3 Å². The summed E-state index contributed by atoms with van der Waals surface area (Å²) in [5, 5.41) is 3.32. The average Bonchev–Trinajstić information content (AvgIpc) is 2.71. The molecule has 0 saturated carbocycles. The number of aromatic nitrogens is 1. The number of rotatable bonds is 3. The fourth-order valence-corrected chi connectivity index (χ4v) is 4.68. The van der Waals surface area contributed by atoms with Gasteiger partial charge in [0.05, 0.1) is 17.2 Å². The number of carbonyl (C=O) groups excluding carboxylic acids is 1. The van der Waals surface area contributed by atoms with E-state index in [0.29, 0.717) is 11.6 Å². The van der Waals surface area contributed by atoms with Gasteiger partial charge >= 0.3 is 0 Å². The van der Waals surface area contributed by atoms with Crippen molar-refractivity contribution in [3.63, 3.8) is 0 Å². The van der Waals surface area contributed by atoms with E-state index in [4.69, 9.17) is 0 Å². The Morgan fingerprint density at radius 1 is 1.50 bits per heavy atom. The molecule has 1 aliphatic heterocycles. The maximum atomic E-state index is 11.8. The highest BCUT2D eigenvalue weighted by molar-refractivity contribution is 7.91. The average molecular weight is 288 g/mol. The molecule has 100 valence electrons. The molecule has 18 heavy (non-hydrogen) atoms. The molecule has 0 bridgehead atoms. The topological polar surface area (TPSA) is 76.1 Å². The first-order valence-electron chi connectivity index (χ1n) is 5.80. The van der Waals surface area contributed by atoms with Gasteiger partial charge in [-0.2, -0.15) is 0 Å². The minimum atomic E-state index is -2.91. The zero-order valence-corrected chi connectivity index (χ0v) is 12.0. The van der Waals surface area contributed by atoms with Gasteiger partial charge in [0.15, 0.2) is 15.0 Å². The lowest BCUT2D eigenvalue weighted by Crippen LogP contribution is -2.17. The maximum absolute atomic E-state index is 11.8. The molecule has 2 heterocycles. The van der Waals surface area contributed by atoms with Crippen LogP contribution in [0.1, 0.15) is 23.4 Å². The van der Waals surface area contributed by atoms with Gasteiger partial charge in [0.1, 0.15) is 0 Å². The van der Waals surface area contributed by atoms with E-state index < -0.39 is 9.84 Å². The molecule has 5 nitrogen and oxygen atoms in total. The van der Waals surface area contributed by atoms with Gasteiger partial charge in [-0.25, -0.2) is 13.4 Å². The molecule has 1 amide bonds. The summed E-state index contributed by atoms with van der Waals surface area (Å²) < 4.78 is 22.6. The molecule has 1 saturated heterocycles. The van der Waals surface area contributed by atoms with Crippen molar-refractivity contribution in [2.75, 3.05) is 16.8 Å². The number of hydrogen-bond acceptors (Lipinski definition) is 5. The maximum Gasteiger partial charge on any atom is 0.226 e. The number of nitrogens with zero attached hydrogens (tertiary/aromatic N) is 1. The van der Waals surface area contributed by atoms with E-state index in [2.05, 4.69) is 10.3 Å². The fraction of sp³-hybridized carbons (Fsp3) is 0.636. The second-order valence-corrected chi connectivity index (χ2v) is 8.11. The quantitative estimate of drug-likeness (QED) is 0.915. The van der Waals surface area contributed by atoms with Gasteiger partial charge in [0.25, 0.3) is 0 Å². The predicted molar refractivity (Wildman–Crippen MR) is 71.6 cm³/mol. The molecule has 1 aromatic rings. The summed E-state index contributed by atoms with van der Waals surface area (Å²) in [6.45, 7) is 3.84. The van der Waals surface area contributed by atoms with Gasteiger partial charge in [-0.1, -0.05) is 0 Å². The second kappa shape index (κ2) is 4.97. The standard InChI is InChI=1S/C11H16N2O3S2/c1-7-8(2)17-11(12-7)13-10(14)5-9-3-4-18(15,16)6-9/h9H,3-6H2,1-2H3,(H,12,13,14)/t9-/m1/s1. The summed E-state index contributed by atoms with van der Waals surface area (Å²) >= 11 is 1.44. The molecule has 0 radical (unpaired) electrons. The summed E-state index contributed by atoms with van der Waals surface area (Å²) in [4.78, 5) is 17.1. The highest BCUT2D eigenvalue weighted by Gasteiger charge is 2.29. The van der Waals surface area contributed by atoms with Crippen molar-refractivity contribution in [2.24, 2.45) is 5.92 Å². The summed E-state index contributed by atoms with van der Waals surface area (Å²) in [6.07, 6.45) is 0.850. The number of carbonyl (C=O) groups is 1. The summed E-state index contributed by atoms with van der Waals surface area (Å²) in [5.41, 5.74) is 0.916. The number of anilines is 1. The Bertz CT molecular complexity index is 543. The van der Waals surface area contributed by atoms with Crippen LogP contribution in [0.2, 0.25) is 0 Å². The van der Waals surface area contributed by atoms with Crippen LogP contribution in [0, 0.1) is 19.8 Å². The Morgan fingerprint density at radius 2 is 2.22 bits per heavy atom. The highest BCUT2D eigenvalue weighted by atomic mass is 32.2. The zero-order valence-electron chi connectivity index (χ0n) is 10.4. The number of hydrogen-bond donors (Lipinski definition) is 1. The van der Waals surface area contributed by atoms with Crippen molar-refractivity contribution in [1.82, 2.24) is 4.98 Å². The Kier molecular flexibility index (Phi) is 3.72. The van der Waals surface area contributed by atoms with Crippen LogP contribution in [0.4, 0.5) is 5.13 Å². The molecule has 1 atom stereocenters. The van der Waals surface area contributed by atoms with Crippen molar-refractivity contribution in [3.05, 3.63) is 10.6 Å². The van der Waals surface area contributed by atoms with Crippen LogP contribution in [0.25, 0.3) is 0 Å². The molecule has 1 aromatic heterocycles. The van der Waals surface area contributed by atoms with Crippen molar-refractivity contribution >= 4 is 32.2 Å². The van der Waals surface area contributed by atoms with Gasteiger partial charge in [-0.15, -0.1) is 11.3 Å². The van der Waals surface area contributed by atoms with Crippen molar-refractivity contribution < 1.29 is 13.2 Å². The van der Waals surface area contributed by atoms with E-state index in [9.17, 15) is 13.2 Å². The van der Waals surface area contributed by atoms with E-state index in [1.165, 1.54) is 11.3 Å². The summed E-state index contributed by atoms with van der Waals surface area (Å²) in [7, 11) is -2.91. The number of nitrogens with one attached hydrogen (secondary N) is 1. The molecule has 7 heteroatoms. The van der Waals surface area contributed by atoms with Crippen LogP contribution in [-0.2, 0) is 14.6 Å². The predicted octanol–water partition coefficient (Wildman–Crippen LogP) is 1.52. The SMILES string of the molecule is Cc1nc(NC(=O)C[C@H]2CCS(=O)(=O)C2)sc1C. The van der Waals surface area contributed by atoms with Crippen molar-refractivity contribution in [1.29, 1.82) is 0 Å². The Hall–Kier alpha value is -0.950. The number of amides is 1. The molecular weight excluding hydrogens is 272 g/mol. The number of aryl methyl sites for hydroxylation is 2. The van der Waals surface area contributed by atoms with Gasteiger partial charge in [0, 0.05) is 11.3 Å². The number of sulfone groups is 1. The smallest absolute Gasteiger partial charge is 0.226 e. The van der Waals surface area contributed by atoms with Gasteiger partial charge in [-0.3, -0.25) is 4.79 Å². The zero-order chi connectivity index (χ0) is 13.3. The monoisotopic (exact) mass is 288 g/mol. The first-order valence-corrected chi connectivity index (χ1v) is 8.44. The summed E-state index contributed by atoms with van der Waals surface area (Å²) in [6, 6.07) is 0. The molecular formula is C11H16N2O3S2. The van der Waals surface area contributed by atoms with Gasteiger partial charge < -0.3 is 5.32 Å². The van der Waals surface area contributed by atoms with E-state index >= 15 is 0 Å². The summed E-state index contributed by atoms with van der Waals surface area (Å²) in [5.74, 6) is 0.152. The molecule has 0 spiro atoms. The lowest BCUT2D eigenvalue weighted by molar-refractivity contribution is -0.116. The molecule has 0 aromatic carbocycles. The fourth-order valence-electron chi connectivity index (χ4n) is 1.99. The van der Waals surface area contributed by atoms with Crippen LogP contribution in [0.3, 0.4) is 0 Å². The first-order chi connectivity index (χ1) is 8.35. The lowest BCUT2D eigenvalue weighted by atomic mass is 10.1. The van der Waals surface area contributed by atoms with E-state index in [1.54, 1.807) is 0 Å². The third-order valence-electron chi connectivity index (χ3n) is 3.08. The molecule has 0 aliphatic carbocycles. The third-order valence-corrected chi connectivity index (χ3v) is 5.90. The Labute approximate surface area is 111 Å². The number of thiazole rings is 1. The molecule has 1 N–H and O–H groups in total. The second-order valence-electron chi connectivity index (χ2n) is 4.68. The molecule has 1 fully saturated rings. The van der Waals surface area contributed by atoms with Gasteiger partial charge in [-0.05, 0) is 26.2 Å². The van der Waals surface area contributed by atoms with E-state index in [0.717, 1.165) is 10.6 Å². The Balaban J connectivity index is 1.90. The van der Waals surface area contributed by atoms with Crippen LogP contribution in [0.15, 0.2) is 0 Å². The van der Waals surface area contributed by atoms with Crippen LogP contribution in [-0.4, -0.2) is 30.8 Å². The van der Waals surface area contributed by atoms with Crippen molar-refractivity contribution in [3.8, 4) is 0 Å². The minimum Gasteiger partial charge on any atom is -0.302 e.